The SMILES string of the molecule is c1ccc(O[C@@H]2COC3(CCN(c4cnccn4)CC3)C2)cc1. The van der Waals surface area contributed by atoms with E-state index in [0.717, 1.165) is 43.9 Å². The Kier molecular flexibility index (Phi) is 3.87. The van der Waals surface area contributed by atoms with Crippen LogP contribution in [0.25, 0.3) is 0 Å². The Balaban J connectivity index is 1.35. The van der Waals surface area contributed by atoms with Gasteiger partial charge in [-0.2, -0.15) is 0 Å². The minimum Gasteiger partial charge on any atom is -0.488 e. The normalized spacial score (nSPS) is 23.1. The number of benzene rings is 1. The number of hydrogen-bond acceptors (Lipinski definition) is 5. The van der Waals surface area contributed by atoms with Gasteiger partial charge in [-0.1, -0.05) is 18.2 Å². The molecule has 23 heavy (non-hydrogen) atoms. The maximum atomic E-state index is 6.16. The van der Waals surface area contributed by atoms with E-state index in [4.69, 9.17) is 9.47 Å². The summed E-state index contributed by atoms with van der Waals surface area (Å²) < 4.78 is 12.2. The van der Waals surface area contributed by atoms with Gasteiger partial charge in [0.15, 0.2) is 0 Å². The van der Waals surface area contributed by atoms with Crippen LogP contribution in [0.15, 0.2) is 48.9 Å². The summed E-state index contributed by atoms with van der Waals surface area (Å²) in [5.41, 5.74) is -0.0296. The molecule has 1 atom stereocenters. The van der Waals surface area contributed by atoms with Crippen LogP contribution in [0.3, 0.4) is 0 Å². The van der Waals surface area contributed by atoms with Crippen molar-refractivity contribution in [3.8, 4) is 5.75 Å². The van der Waals surface area contributed by atoms with Gasteiger partial charge in [-0.25, -0.2) is 4.98 Å². The highest BCUT2D eigenvalue weighted by Crippen LogP contribution is 2.38. The molecule has 0 amide bonds. The first-order valence-corrected chi connectivity index (χ1v) is 8.20. The standard InChI is InChI=1S/C18H21N3O2/c1-2-4-15(5-3-1)23-16-12-18(22-14-16)6-10-21(11-7-18)17-13-19-8-9-20-17/h1-5,8-9,13,16H,6-7,10-12,14H2/t16-/m0/s1. The molecular weight excluding hydrogens is 290 g/mol. The second-order valence-corrected chi connectivity index (χ2v) is 6.30. The van der Waals surface area contributed by atoms with Crippen LogP contribution in [0, 0.1) is 0 Å². The summed E-state index contributed by atoms with van der Waals surface area (Å²) in [7, 11) is 0. The number of anilines is 1. The summed E-state index contributed by atoms with van der Waals surface area (Å²) in [5, 5.41) is 0. The molecule has 5 heteroatoms. The Morgan fingerprint density at radius 2 is 1.96 bits per heavy atom. The fourth-order valence-electron chi connectivity index (χ4n) is 3.52. The third-order valence-corrected chi connectivity index (χ3v) is 4.77. The van der Waals surface area contributed by atoms with Gasteiger partial charge >= 0.3 is 0 Å². The van der Waals surface area contributed by atoms with Crippen molar-refractivity contribution >= 4 is 5.82 Å². The Hall–Kier alpha value is -2.14. The molecule has 2 aliphatic rings. The minimum absolute atomic E-state index is 0.0296. The number of piperidine rings is 1. The summed E-state index contributed by atoms with van der Waals surface area (Å²) in [5.74, 6) is 1.88. The van der Waals surface area contributed by atoms with Crippen molar-refractivity contribution in [2.75, 3.05) is 24.6 Å². The maximum absolute atomic E-state index is 6.16. The van der Waals surface area contributed by atoms with Crippen molar-refractivity contribution in [3.05, 3.63) is 48.9 Å². The van der Waals surface area contributed by atoms with Crippen LogP contribution in [0.1, 0.15) is 19.3 Å². The van der Waals surface area contributed by atoms with Gasteiger partial charge < -0.3 is 14.4 Å². The van der Waals surface area contributed by atoms with Crippen LogP contribution in [0.4, 0.5) is 5.82 Å². The summed E-state index contributed by atoms with van der Waals surface area (Å²) in [6, 6.07) is 10.0. The van der Waals surface area contributed by atoms with Crippen molar-refractivity contribution in [2.24, 2.45) is 0 Å². The van der Waals surface area contributed by atoms with Crippen molar-refractivity contribution < 1.29 is 9.47 Å². The van der Waals surface area contributed by atoms with Crippen LogP contribution in [0.2, 0.25) is 0 Å². The lowest BCUT2D eigenvalue weighted by Crippen LogP contribution is -2.44. The maximum Gasteiger partial charge on any atom is 0.147 e. The highest BCUT2D eigenvalue weighted by Gasteiger charge is 2.43. The molecule has 0 N–H and O–H groups in total. The van der Waals surface area contributed by atoms with Gasteiger partial charge in [-0.15, -0.1) is 0 Å². The van der Waals surface area contributed by atoms with E-state index in [1.165, 1.54) is 0 Å². The first-order valence-electron chi connectivity index (χ1n) is 8.20. The zero-order valence-corrected chi connectivity index (χ0v) is 13.1. The number of nitrogens with zero attached hydrogens (tertiary/aromatic N) is 3. The number of ether oxygens (including phenoxy) is 2. The van der Waals surface area contributed by atoms with E-state index in [2.05, 4.69) is 14.9 Å². The molecule has 1 aromatic carbocycles. The Morgan fingerprint density at radius 1 is 1.13 bits per heavy atom. The zero-order chi connectivity index (χ0) is 15.5. The molecule has 4 rings (SSSR count). The molecule has 1 aromatic heterocycles. The van der Waals surface area contributed by atoms with E-state index < -0.39 is 0 Å². The fourth-order valence-corrected chi connectivity index (χ4v) is 3.52. The van der Waals surface area contributed by atoms with E-state index in [1.807, 2.05) is 36.5 Å². The lowest BCUT2D eigenvalue weighted by atomic mass is 9.88. The van der Waals surface area contributed by atoms with Crippen LogP contribution >= 0.6 is 0 Å². The van der Waals surface area contributed by atoms with Gasteiger partial charge in [-0.3, -0.25) is 4.98 Å². The molecule has 2 aromatic rings. The van der Waals surface area contributed by atoms with E-state index in [0.29, 0.717) is 6.61 Å². The predicted molar refractivity (Wildman–Crippen MR) is 87.6 cm³/mol. The second-order valence-electron chi connectivity index (χ2n) is 6.30. The molecule has 0 radical (unpaired) electrons. The lowest BCUT2D eigenvalue weighted by Gasteiger charge is -2.38. The summed E-state index contributed by atoms with van der Waals surface area (Å²) in [6.07, 6.45) is 8.43. The molecule has 0 saturated carbocycles. The molecule has 2 fully saturated rings. The zero-order valence-electron chi connectivity index (χ0n) is 13.1. The Labute approximate surface area is 136 Å². The molecule has 2 aliphatic heterocycles. The van der Waals surface area contributed by atoms with Crippen LogP contribution in [-0.4, -0.2) is 41.4 Å². The quantitative estimate of drug-likeness (QED) is 0.872. The predicted octanol–water partition coefficient (Wildman–Crippen LogP) is 2.68. The second kappa shape index (κ2) is 6.16. The van der Waals surface area contributed by atoms with Gasteiger partial charge in [0.05, 0.1) is 18.4 Å². The first-order chi connectivity index (χ1) is 11.3. The minimum atomic E-state index is -0.0296. The summed E-state index contributed by atoms with van der Waals surface area (Å²) >= 11 is 0. The number of para-hydroxylation sites is 1. The highest BCUT2D eigenvalue weighted by atomic mass is 16.6. The number of hydrogen-bond donors (Lipinski definition) is 0. The Bertz CT molecular complexity index is 627. The van der Waals surface area contributed by atoms with Crippen molar-refractivity contribution in [1.82, 2.24) is 9.97 Å². The molecule has 0 bridgehead atoms. The fraction of sp³-hybridized carbons (Fsp3) is 0.444. The summed E-state index contributed by atoms with van der Waals surface area (Å²) in [4.78, 5) is 10.8. The molecule has 0 unspecified atom stereocenters. The number of rotatable bonds is 3. The van der Waals surface area contributed by atoms with Gasteiger partial charge in [0.25, 0.3) is 0 Å². The van der Waals surface area contributed by atoms with Crippen molar-refractivity contribution in [1.29, 1.82) is 0 Å². The highest BCUT2D eigenvalue weighted by molar-refractivity contribution is 5.36. The Morgan fingerprint density at radius 3 is 2.70 bits per heavy atom. The molecule has 1 spiro atoms. The molecule has 120 valence electrons. The monoisotopic (exact) mass is 311 g/mol. The van der Waals surface area contributed by atoms with Crippen LogP contribution in [-0.2, 0) is 4.74 Å². The van der Waals surface area contributed by atoms with E-state index >= 15 is 0 Å². The molecule has 2 saturated heterocycles. The van der Waals surface area contributed by atoms with Crippen LogP contribution < -0.4 is 9.64 Å². The smallest absolute Gasteiger partial charge is 0.147 e. The van der Waals surface area contributed by atoms with E-state index in [1.54, 1.807) is 12.4 Å². The first kappa shape index (κ1) is 14.5. The largest absolute Gasteiger partial charge is 0.488 e. The molecule has 3 heterocycles. The van der Waals surface area contributed by atoms with Crippen LogP contribution in [0.5, 0.6) is 5.75 Å². The third kappa shape index (κ3) is 3.15. The third-order valence-electron chi connectivity index (χ3n) is 4.77. The average molecular weight is 311 g/mol. The van der Waals surface area contributed by atoms with Gasteiger partial charge in [0, 0.05) is 31.9 Å². The molecule has 0 aliphatic carbocycles. The summed E-state index contributed by atoms with van der Waals surface area (Å²) in [6.45, 7) is 2.59. The lowest BCUT2D eigenvalue weighted by molar-refractivity contribution is -0.0163. The van der Waals surface area contributed by atoms with E-state index in [-0.39, 0.29) is 11.7 Å². The van der Waals surface area contributed by atoms with Gasteiger partial charge in [0.2, 0.25) is 0 Å². The van der Waals surface area contributed by atoms with Gasteiger partial charge in [-0.05, 0) is 25.0 Å². The average Bonchev–Trinajstić information content (AvgIpc) is 2.99. The number of aromatic nitrogens is 2. The van der Waals surface area contributed by atoms with Gasteiger partial charge in [0.1, 0.15) is 17.7 Å². The van der Waals surface area contributed by atoms with E-state index in [9.17, 15) is 0 Å². The molecule has 5 nitrogen and oxygen atoms in total. The van der Waals surface area contributed by atoms with Crippen molar-refractivity contribution in [2.45, 2.75) is 31.0 Å². The van der Waals surface area contributed by atoms with Crippen molar-refractivity contribution in [3.63, 3.8) is 0 Å². The molecular formula is C18H21N3O2. The topological polar surface area (TPSA) is 47.5 Å².